The highest BCUT2D eigenvalue weighted by Gasteiger charge is 2.41. The molecule has 0 saturated carbocycles. The molecule has 1 amide bonds. The van der Waals surface area contributed by atoms with E-state index >= 15 is 0 Å². The monoisotopic (exact) mass is 496 g/mol. The van der Waals surface area contributed by atoms with Gasteiger partial charge in [0, 0.05) is 25.7 Å². The molecule has 3 aliphatic rings. The van der Waals surface area contributed by atoms with Crippen LogP contribution in [0.4, 0.5) is 4.39 Å². The smallest absolute Gasteiger partial charge is 0.246 e. The van der Waals surface area contributed by atoms with Gasteiger partial charge in [0.2, 0.25) is 5.91 Å². The normalized spacial score (nSPS) is 21.5. The molecule has 186 valence electrons. The Hall–Kier alpha value is -2.21. The van der Waals surface area contributed by atoms with Crippen molar-refractivity contribution in [2.75, 3.05) is 32.7 Å². The van der Waals surface area contributed by atoms with Crippen LogP contribution >= 0.6 is 11.6 Å². The van der Waals surface area contributed by atoms with Crippen LogP contribution in [-0.4, -0.2) is 59.6 Å². The van der Waals surface area contributed by atoms with Crippen LogP contribution in [-0.2, 0) is 16.6 Å². The molecule has 1 aliphatic carbocycles. The van der Waals surface area contributed by atoms with Crippen molar-refractivity contribution in [3.63, 3.8) is 0 Å². The fraction of sp³-hybridized carbons (Fsp3) is 0.483. The van der Waals surface area contributed by atoms with Crippen LogP contribution in [0.3, 0.4) is 0 Å². The van der Waals surface area contributed by atoms with Crippen molar-refractivity contribution in [3.8, 4) is 0 Å². The zero-order chi connectivity index (χ0) is 24.4. The van der Waals surface area contributed by atoms with E-state index in [0.717, 1.165) is 32.5 Å². The molecule has 0 aromatic heterocycles. The summed E-state index contributed by atoms with van der Waals surface area (Å²) in [4.78, 5) is 16.9. The third kappa shape index (κ3) is 5.32. The lowest BCUT2D eigenvalue weighted by Gasteiger charge is -2.42. The second-order valence-corrected chi connectivity index (χ2v) is 10.9. The van der Waals surface area contributed by atoms with Gasteiger partial charge in [-0.1, -0.05) is 41.9 Å². The molecule has 4 nitrogen and oxygen atoms in total. The van der Waals surface area contributed by atoms with Crippen molar-refractivity contribution in [3.05, 3.63) is 76.1 Å². The Labute approximate surface area is 212 Å². The second kappa shape index (κ2) is 10.4. The maximum atomic E-state index is 13.3. The van der Waals surface area contributed by atoms with Crippen molar-refractivity contribution < 1.29 is 14.3 Å². The van der Waals surface area contributed by atoms with Crippen LogP contribution < -0.4 is 0 Å². The van der Waals surface area contributed by atoms with Gasteiger partial charge in [-0.25, -0.2) is 4.39 Å². The first kappa shape index (κ1) is 24.5. The van der Waals surface area contributed by atoms with Crippen LogP contribution in [0.1, 0.15) is 48.8 Å². The van der Waals surface area contributed by atoms with E-state index in [1.165, 1.54) is 49.5 Å². The largest absolute Gasteiger partial charge is 0.392 e. The topological polar surface area (TPSA) is 43.8 Å². The van der Waals surface area contributed by atoms with Gasteiger partial charge >= 0.3 is 0 Å². The van der Waals surface area contributed by atoms with Crippen molar-refractivity contribution in [1.29, 1.82) is 0 Å². The lowest BCUT2D eigenvalue weighted by atomic mass is 9.73. The van der Waals surface area contributed by atoms with Crippen molar-refractivity contribution in [2.45, 2.75) is 50.0 Å². The molecule has 35 heavy (non-hydrogen) atoms. The Morgan fingerprint density at radius 1 is 1.11 bits per heavy atom. The summed E-state index contributed by atoms with van der Waals surface area (Å²) in [7, 11) is 0. The number of piperidine rings is 2. The maximum Gasteiger partial charge on any atom is 0.246 e. The molecule has 2 saturated heterocycles. The van der Waals surface area contributed by atoms with Crippen molar-refractivity contribution >= 4 is 23.6 Å². The van der Waals surface area contributed by atoms with Crippen molar-refractivity contribution in [2.24, 2.45) is 5.92 Å². The highest BCUT2D eigenvalue weighted by atomic mass is 35.5. The molecule has 2 fully saturated rings. The van der Waals surface area contributed by atoms with E-state index in [-0.39, 0.29) is 23.0 Å². The van der Waals surface area contributed by atoms with E-state index in [1.54, 1.807) is 17.7 Å². The minimum atomic E-state index is -0.469. The molecule has 2 aliphatic heterocycles. The molecule has 0 radical (unpaired) electrons. The molecule has 2 heterocycles. The molecule has 5 rings (SSSR count). The standard InChI is InChI=1S/C29H34ClFN2O2/c30-25-19-21(5-7-26(25)31)6-8-28(35)33-15-10-23(11-16-33)27(34)20-32-17-13-29(14-18-32)12-9-22-3-1-2-4-24(22)29/h1-8,19,23,27,34H,9-18,20H2. The SMILES string of the molecule is O=C(C=Cc1ccc(F)c(Cl)c1)N1CCC(C(O)CN2CCC3(CCc4ccccc43)CC2)CC1. The molecule has 0 bridgehead atoms. The van der Waals surface area contributed by atoms with Gasteiger partial charge in [-0.05, 0) is 97.8 Å². The minimum absolute atomic E-state index is 0.0475. The zero-order valence-corrected chi connectivity index (χ0v) is 20.9. The van der Waals surface area contributed by atoms with Gasteiger partial charge in [-0.3, -0.25) is 4.79 Å². The average Bonchev–Trinajstić information content (AvgIpc) is 3.24. The number of benzene rings is 2. The molecule has 1 atom stereocenters. The summed E-state index contributed by atoms with van der Waals surface area (Å²) in [5.41, 5.74) is 4.13. The maximum absolute atomic E-state index is 13.3. The fourth-order valence-electron chi connectivity index (χ4n) is 6.25. The number of amides is 1. The van der Waals surface area contributed by atoms with Gasteiger partial charge in [0.1, 0.15) is 5.82 Å². The van der Waals surface area contributed by atoms with E-state index in [4.69, 9.17) is 11.6 Å². The summed E-state index contributed by atoms with van der Waals surface area (Å²) in [5, 5.41) is 11.0. The lowest BCUT2D eigenvalue weighted by Crippen LogP contribution is -2.47. The molecule has 1 unspecified atom stereocenters. The molecular formula is C29H34ClFN2O2. The Balaban J connectivity index is 1.07. The van der Waals surface area contributed by atoms with Crippen LogP contribution in [0.25, 0.3) is 6.08 Å². The minimum Gasteiger partial charge on any atom is -0.392 e. The number of hydrogen-bond donors (Lipinski definition) is 1. The molecule has 2 aromatic rings. The predicted octanol–water partition coefficient (Wildman–Crippen LogP) is 5.07. The summed E-state index contributed by atoms with van der Waals surface area (Å²) in [5.74, 6) is -0.303. The number of rotatable bonds is 5. The molecule has 1 N–H and O–H groups in total. The number of carbonyl (C=O) groups excluding carboxylic acids is 1. The number of aliphatic hydroxyl groups is 1. The van der Waals surface area contributed by atoms with E-state index in [9.17, 15) is 14.3 Å². The van der Waals surface area contributed by atoms with Gasteiger partial charge in [0.05, 0.1) is 11.1 Å². The third-order valence-electron chi connectivity index (χ3n) is 8.48. The quantitative estimate of drug-likeness (QED) is 0.588. The van der Waals surface area contributed by atoms with Crippen LogP contribution in [0.5, 0.6) is 0 Å². The fourth-order valence-corrected chi connectivity index (χ4v) is 6.44. The number of aryl methyl sites for hydroxylation is 1. The summed E-state index contributed by atoms with van der Waals surface area (Å²) in [6.07, 6.45) is 9.27. The number of halogens is 2. The second-order valence-electron chi connectivity index (χ2n) is 10.5. The van der Waals surface area contributed by atoms with Crippen molar-refractivity contribution in [1.82, 2.24) is 9.80 Å². The molecule has 2 aromatic carbocycles. The highest BCUT2D eigenvalue weighted by Crippen LogP contribution is 2.46. The van der Waals surface area contributed by atoms with Gasteiger partial charge < -0.3 is 14.9 Å². The molecular weight excluding hydrogens is 463 g/mol. The summed E-state index contributed by atoms with van der Waals surface area (Å²) in [6.45, 7) is 4.10. The number of β-amino-alcohol motifs (C(OH)–C–C–N with tert-alkyl or cyclic N) is 1. The zero-order valence-electron chi connectivity index (χ0n) is 20.1. The number of aliphatic hydroxyl groups excluding tert-OH is 1. The molecule has 6 heteroatoms. The Morgan fingerprint density at radius 3 is 2.60 bits per heavy atom. The first-order valence-corrected chi connectivity index (χ1v) is 13.2. The van der Waals surface area contributed by atoms with E-state index in [2.05, 4.69) is 29.2 Å². The first-order valence-electron chi connectivity index (χ1n) is 12.8. The first-order chi connectivity index (χ1) is 16.9. The van der Waals surface area contributed by atoms with E-state index in [1.807, 2.05) is 4.90 Å². The van der Waals surface area contributed by atoms with E-state index in [0.29, 0.717) is 24.1 Å². The van der Waals surface area contributed by atoms with Gasteiger partial charge in [-0.15, -0.1) is 0 Å². The number of nitrogens with zero attached hydrogens (tertiary/aromatic N) is 2. The number of carbonyl (C=O) groups is 1. The summed E-state index contributed by atoms with van der Waals surface area (Å²) >= 11 is 5.81. The van der Waals surface area contributed by atoms with Gasteiger partial charge in [0.25, 0.3) is 0 Å². The van der Waals surface area contributed by atoms with Gasteiger partial charge in [-0.2, -0.15) is 0 Å². The third-order valence-corrected chi connectivity index (χ3v) is 8.77. The summed E-state index contributed by atoms with van der Waals surface area (Å²) in [6, 6.07) is 13.3. The Kier molecular flexibility index (Phi) is 7.29. The Bertz CT molecular complexity index is 1090. The average molecular weight is 497 g/mol. The highest BCUT2D eigenvalue weighted by molar-refractivity contribution is 6.30. The number of hydrogen-bond acceptors (Lipinski definition) is 3. The van der Waals surface area contributed by atoms with Crippen LogP contribution in [0.2, 0.25) is 5.02 Å². The predicted molar refractivity (Wildman–Crippen MR) is 138 cm³/mol. The van der Waals surface area contributed by atoms with E-state index < -0.39 is 5.82 Å². The summed E-state index contributed by atoms with van der Waals surface area (Å²) < 4.78 is 13.3. The Morgan fingerprint density at radius 2 is 1.86 bits per heavy atom. The lowest BCUT2D eigenvalue weighted by molar-refractivity contribution is -0.128. The molecule has 1 spiro atoms. The van der Waals surface area contributed by atoms with Gasteiger partial charge in [0.15, 0.2) is 0 Å². The van der Waals surface area contributed by atoms with Crippen LogP contribution in [0, 0.1) is 11.7 Å². The number of fused-ring (bicyclic) bond motifs is 2. The number of likely N-dealkylation sites (tertiary alicyclic amines) is 2. The van der Waals surface area contributed by atoms with Crippen LogP contribution in [0.15, 0.2) is 48.5 Å².